The van der Waals surface area contributed by atoms with E-state index in [1.54, 1.807) is 0 Å². The third-order valence-corrected chi connectivity index (χ3v) is 11.5. The van der Waals surface area contributed by atoms with Crippen LogP contribution in [0.5, 0.6) is 0 Å². The standard InChI is InChI=1S/C56H49N/c1-55(2,3)42-34-41(35-43(37-42)56(4,5)6)48-28-15-19-39-20-16-30-52(54(39)48)51-26-12-13-31-53(51)57(44-22-8-7-9-23-44)45-24-14-21-40(36-45)47-27-17-29-49-46-25-11-10-18-38(46)32-33-50(47)49/h7-37H,1-6H3. The predicted molar refractivity (Wildman–Crippen MR) is 247 cm³/mol. The molecule has 9 rings (SSSR count). The van der Waals surface area contributed by atoms with Crippen molar-refractivity contribution in [2.75, 3.05) is 4.90 Å². The number of rotatable bonds is 6. The van der Waals surface area contributed by atoms with Gasteiger partial charge in [0.15, 0.2) is 0 Å². The average molecular weight is 736 g/mol. The van der Waals surface area contributed by atoms with Gasteiger partial charge < -0.3 is 4.90 Å². The minimum absolute atomic E-state index is 0.0145. The smallest absolute Gasteiger partial charge is 0.0540 e. The zero-order chi connectivity index (χ0) is 39.3. The van der Waals surface area contributed by atoms with Crippen LogP contribution in [0.4, 0.5) is 17.1 Å². The Balaban J connectivity index is 1.25. The van der Waals surface area contributed by atoms with Crippen molar-refractivity contribution in [2.24, 2.45) is 0 Å². The summed E-state index contributed by atoms with van der Waals surface area (Å²) in [5.74, 6) is 0. The molecular weight excluding hydrogens is 687 g/mol. The van der Waals surface area contributed by atoms with Crippen molar-refractivity contribution in [3.8, 4) is 33.4 Å². The number of para-hydroxylation sites is 2. The van der Waals surface area contributed by atoms with E-state index in [0.29, 0.717) is 0 Å². The third kappa shape index (κ3) is 6.78. The number of benzene rings is 9. The van der Waals surface area contributed by atoms with Crippen LogP contribution in [0.3, 0.4) is 0 Å². The van der Waals surface area contributed by atoms with Gasteiger partial charge in [-0.2, -0.15) is 0 Å². The summed E-state index contributed by atoms with van der Waals surface area (Å²) >= 11 is 0. The summed E-state index contributed by atoms with van der Waals surface area (Å²) in [7, 11) is 0. The Labute approximate surface area is 337 Å². The lowest BCUT2D eigenvalue weighted by Crippen LogP contribution is -2.16. The van der Waals surface area contributed by atoms with Gasteiger partial charge in [-0.1, -0.05) is 199 Å². The van der Waals surface area contributed by atoms with E-state index in [1.165, 1.54) is 76.8 Å². The average Bonchev–Trinajstić information content (AvgIpc) is 3.23. The largest absolute Gasteiger partial charge is 0.310 e. The molecule has 0 saturated carbocycles. The summed E-state index contributed by atoms with van der Waals surface area (Å²) in [6.45, 7) is 13.9. The minimum atomic E-state index is 0.0145. The van der Waals surface area contributed by atoms with Gasteiger partial charge in [-0.05, 0) is 112 Å². The van der Waals surface area contributed by atoms with Crippen LogP contribution in [0.15, 0.2) is 188 Å². The second kappa shape index (κ2) is 14.3. The van der Waals surface area contributed by atoms with E-state index >= 15 is 0 Å². The highest BCUT2D eigenvalue weighted by Crippen LogP contribution is 2.46. The van der Waals surface area contributed by atoms with Crippen LogP contribution in [0.25, 0.3) is 65.7 Å². The predicted octanol–water partition coefficient (Wildman–Crippen LogP) is 16.2. The molecule has 0 aromatic heterocycles. The molecule has 0 aliphatic heterocycles. The normalized spacial score (nSPS) is 12.0. The third-order valence-electron chi connectivity index (χ3n) is 11.5. The van der Waals surface area contributed by atoms with Crippen molar-refractivity contribution in [2.45, 2.75) is 52.4 Å². The number of hydrogen-bond acceptors (Lipinski definition) is 1. The molecule has 0 N–H and O–H groups in total. The van der Waals surface area contributed by atoms with Crippen LogP contribution in [0.2, 0.25) is 0 Å². The Morgan fingerprint density at radius 2 is 0.895 bits per heavy atom. The summed E-state index contributed by atoms with van der Waals surface area (Å²) in [5.41, 5.74) is 13.4. The molecule has 9 aromatic carbocycles. The molecule has 0 atom stereocenters. The molecule has 0 heterocycles. The van der Waals surface area contributed by atoms with Crippen LogP contribution in [-0.2, 0) is 10.8 Å². The SMILES string of the molecule is CC(C)(C)c1cc(-c2cccc3cccc(-c4ccccc4N(c4ccccc4)c4cccc(-c5cccc6c5ccc5ccccc56)c4)c23)cc(C(C)(C)C)c1. The fourth-order valence-electron chi connectivity index (χ4n) is 8.46. The van der Waals surface area contributed by atoms with Gasteiger partial charge in [-0.25, -0.2) is 0 Å². The van der Waals surface area contributed by atoms with Gasteiger partial charge in [0, 0.05) is 16.9 Å². The van der Waals surface area contributed by atoms with E-state index in [2.05, 4.69) is 234 Å². The van der Waals surface area contributed by atoms with Crippen molar-refractivity contribution in [1.29, 1.82) is 0 Å². The van der Waals surface area contributed by atoms with Crippen molar-refractivity contribution in [3.05, 3.63) is 199 Å². The first-order chi connectivity index (χ1) is 27.5. The Morgan fingerprint density at radius 1 is 0.333 bits per heavy atom. The quantitative estimate of drug-likeness (QED) is 0.154. The molecular formula is C56H49N. The van der Waals surface area contributed by atoms with Crippen LogP contribution < -0.4 is 4.90 Å². The zero-order valence-electron chi connectivity index (χ0n) is 33.8. The molecule has 1 heteroatoms. The number of hydrogen-bond donors (Lipinski definition) is 0. The summed E-state index contributed by atoms with van der Waals surface area (Å²) in [6.07, 6.45) is 0. The van der Waals surface area contributed by atoms with Crippen molar-refractivity contribution in [3.63, 3.8) is 0 Å². The molecule has 0 fully saturated rings. The van der Waals surface area contributed by atoms with E-state index in [4.69, 9.17) is 0 Å². The van der Waals surface area contributed by atoms with Crippen LogP contribution in [-0.4, -0.2) is 0 Å². The summed E-state index contributed by atoms with van der Waals surface area (Å²) in [4.78, 5) is 2.43. The highest BCUT2D eigenvalue weighted by molar-refractivity contribution is 6.12. The fourth-order valence-corrected chi connectivity index (χ4v) is 8.46. The first kappa shape index (κ1) is 36.2. The molecule has 0 aliphatic rings. The number of anilines is 3. The van der Waals surface area contributed by atoms with Crippen LogP contribution >= 0.6 is 0 Å². The molecule has 278 valence electrons. The molecule has 0 radical (unpaired) electrons. The maximum Gasteiger partial charge on any atom is 0.0540 e. The van der Waals surface area contributed by atoms with E-state index in [1.807, 2.05) is 0 Å². The van der Waals surface area contributed by atoms with Gasteiger partial charge in [0.25, 0.3) is 0 Å². The van der Waals surface area contributed by atoms with E-state index in [9.17, 15) is 0 Å². The van der Waals surface area contributed by atoms with Gasteiger partial charge >= 0.3 is 0 Å². The van der Waals surface area contributed by atoms with Crippen molar-refractivity contribution in [1.82, 2.24) is 0 Å². The molecule has 9 aromatic rings. The fraction of sp³-hybridized carbons (Fsp3) is 0.143. The monoisotopic (exact) mass is 735 g/mol. The van der Waals surface area contributed by atoms with Crippen molar-refractivity contribution >= 4 is 49.4 Å². The first-order valence-electron chi connectivity index (χ1n) is 20.2. The molecule has 0 saturated heterocycles. The zero-order valence-corrected chi connectivity index (χ0v) is 33.8. The second-order valence-corrected chi connectivity index (χ2v) is 17.4. The summed E-state index contributed by atoms with van der Waals surface area (Å²) < 4.78 is 0. The number of fused-ring (bicyclic) bond motifs is 4. The minimum Gasteiger partial charge on any atom is -0.310 e. The molecule has 0 spiro atoms. The Hall–Kier alpha value is -6.44. The van der Waals surface area contributed by atoms with E-state index in [-0.39, 0.29) is 10.8 Å². The lowest BCUT2D eigenvalue weighted by Gasteiger charge is -2.29. The Bertz CT molecular complexity index is 2880. The molecule has 0 bridgehead atoms. The molecule has 57 heavy (non-hydrogen) atoms. The van der Waals surface area contributed by atoms with Gasteiger partial charge in [-0.3, -0.25) is 0 Å². The van der Waals surface area contributed by atoms with Crippen molar-refractivity contribution < 1.29 is 0 Å². The first-order valence-corrected chi connectivity index (χ1v) is 20.2. The topological polar surface area (TPSA) is 3.24 Å². The summed E-state index contributed by atoms with van der Waals surface area (Å²) in [5, 5.41) is 7.57. The van der Waals surface area contributed by atoms with Crippen LogP contribution in [0.1, 0.15) is 52.7 Å². The highest BCUT2D eigenvalue weighted by atomic mass is 15.1. The molecule has 1 nitrogen and oxygen atoms in total. The maximum atomic E-state index is 2.43. The van der Waals surface area contributed by atoms with E-state index in [0.717, 1.165) is 17.1 Å². The maximum absolute atomic E-state index is 2.43. The van der Waals surface area contributed by atoms with Gasteiger partial charge in [-0.15, -0.1) is 0 Å². The molecule has 0 unspecified atom stereocenters. The Morgan fingerprint density at radius 3 is 1.65 bits per heavy atom. The highest BCUT2D eigenvalue weighted by Gasteiger charge is 2.24. The van der Waals surface area contributed by atoms with E-state index < -0.39 is 0 Å². The molecule has 0 aliphatic carbocycles. The Kier molecular flexibility index (Phi) is 9.05. The number of nitrogens with zero attached hydrogens (tertiary/aromatic N) is 1. The van der Waals surface area contributed by atoms with Gasteiger partial charge in [0.1, 0.15) is 0 Å². The lowest BCUT2D eigenvalue weighted by atomic mass is 9.78. The van der Waals surface area contributed by atoms with Gasteiger partial charge in [0.2, 0.25) is 0 Å². The lowest BCUT2D eigenvalue weighted by molar-refractivity contribution is 0.569. The second-order valence-electron chi connectivity index (χ2n) is 17.4. The molecule has 0 amide bonds. The summed E-state index contributed by atoms with van der Waals surface area (Å²) in [6, 6.07) is 69.5. The van der Waals surface area contributed by atoms with Crippen LogP contribution in [0, 0.1) is 0 Å². The van der Waals surface area contributed by atoms with Gasteiger partial charge in [0.05, 0.1) is 5.69 Å².